The molecule has 0 aromatic rings. The van der Waals surface area contributed by atoms with Crippen molar-refractivity contribution in [3.63, 3.8) is 0 Å². The molecule has 0 unspecified atom stereocenters. The molecule has 0 fully saturated rings. The first-order chi connectivity index (χ1) is 5.72. The van der Waals surface area contributed by atoms with Gasteiger partial charge in [-0.3, -0.25) is 4.57 Å². The van der Waals surface area contributed by atoms with E-state index >= 15 is 0 Å². The molecular formula is C5H7O7P. The zero-order valence-corrected chi connectivity index (χ0v) is 7.14. The normalized spacial score (nSPS) is 12.6. The third-order valence-corrected chi connectivity index (χ3v) is 1.70. The predicted octanol–water partition coefficient (Wildman–Crippen LogP) is -0.740. The standard InChI is InChI=1S/C5H7O7P/c6-4(7)1-3(5(8)9)2-13(10,11)12/h1H,2H2,(H,6,7)(H,8,9)(H2,10,11,12). The molecule has 0 spiro atoms. The summed E-state index contributed by atoms with van der Waals surface area (Å²) in [6, 6.07) is 0. The molecule has 74 valence electrons. The first-order valence-electron chi connectivity index (χ1n) is 2.94. The maximum atomic E-state index is 10.3. The minimum Gasteiger partial charge on any atom is -0.478 e. The Bertz CT molecular complexity index is 298. The second-order valence-electron chi connectivity index (χ2n) is 2.14. The molecule has 4 N–H and O–H groups in total. The number of carboxylic acids is 2. The lowest BCUT2D eigenvalue weighted by Gasteiger charge is -2.02. The van der Waals surface area contributed by atoms with E-state index in [0.29, 0.717) is 0 Å². The number of aliphatic carboxylic acids is 2. The molecule has 0 bridgehead atoms. The topological polar surface area (TPSA) is 132 Å². The number of rotatable bonds is 4. The van der Waals surface area contributed by atoms with Crippen molar-refractivity contribution in [2.45, 2.75) is 0 Å². The third-order valence-electron chi connectivity index (χ3n) is 0.949. The van der Waals surface area contributed by atoms with E-state index in [4.69, 9.17) is 20.0 Å². The Labute approximate surface area is 72.5 Å². The maximum Gasteiger partial charge on any atom is 0.332 e. The Morgan fingerprint density at radius 3 is 1.92 bits per heavy atom. The Morgan fingerprint density at radius 1 is 1.23 bits per heavy atom. The summed E-state index contributed by atoms with van der Waals surface area (Å²) in [6.45, 7) is 0. The average Bonchev–Trinajstić information content (AvgIpc) is 1.81. The maximum absolute atomic E-state index is 10.3. The second kappa shape index (κ2) is 4.18. The van der Waals surface area contributed by atoms with E-state index in [0.717, 1.165) is 0 Å². The third kappa shape index (κ3) is 6.03. The number of hydrogen-bond acceptors (Lipinski definition) is 3. The largest absolute Gasteiger partial charge is 0.478 e. The highest BCUT2D eigenvalue weighted by atomic mass is 31.2. The van der Waals surface area contributed by atoms with Crippen LogP contribution in [0.15, 0.2) is 11.6 Å². The van der Waals surface area contributed by atoms with Crippen LogP contribution in [0.2, 0.25) is 0 Å². The Balaban J connectivity index is 4.75. The van der Waals surface area contributed by atoms with E-state index in [1.165, 1.54) is 0 Å². The molecule has 0 aliphatic heterocycles. The van der Waals surface area contributed by atoms with Crippen LogP contribution in [0.25, 0.3) is 0 Å². The number of carbonyl (C=O) groups is 2. The SMILES string of the molecule is O=C(O)C=C(CP(=O)(O)O)C(=O)O. The van der Waals surface area contributed by atoms with Crippen LogP contribution in [0.5, 0.6) is 0 Å². The zero-order chi connectivity index (χ0) is 10.6. The van der Waals surface area contributed by atoms with Gasteiger partial charge in [-0.1, -0.05) is 0 Å². The summed E-state index contributed by atoms with van der Waals surface area (Å²) < 4.78 is 10.3. The van der Waals surface area contributed by atoms with E-state index in [1.807, 2.05) is 0 Å². The number of carboxylic acid groups (broad SMARTS) is 2. The Hall–Kier alpha value is -1.17. The highest BCUT2D eigenvalue weighted by Gasteiger charge is 2.21. The molecule has 13 heavy (non-hydrogen) atoms. The summed E-state index contributed by atoms with van der Waals surface area (Å²) in [5.41, 5.74) is -0.833. The average molecular weight is 210 g/mol. The van der Waals surface area contributed by atoms with Crippen molar-refractivity contribution in [3.05, 3.63) is 11.6 Å². The van der Waals surface area contributed by atoms with Gasteiger partial charge in [-0.05, 0) is 0 Å². The molecule has 8 heteroatoms. The van der Waals surface area contributed by atoms with E-state index in [9.17, 15) is 14.2 Å². The van der Waals surface area contributed by atoms with Crippen molar-refractivity contribution >= 4 is 19.5 Å². The lowest BCUT2D eigenvalue weighted by molar-refractivity contribution is -0.135. The van der Waals surface area contributed by atoms with Crippen molar-refractivity contribution in [1.82, 2.24) is 0 Å². The van der Waals surface area contributed by atoms with Gasteiger partial charge < -0.3 is 20.0 Å². The molecule has 0 atom stereocenters. The monoisotopic (exact) mass is 210 g/mol. The van der Waals surface area contributed by atoms with Gasteiger partial charge in [0.05, 0.1) is 11.7 Å². The van der Waals surface area contributed by atoms with Gasteiger partial charge in [-0.15, -0.1) is 0 Å². The van der Waals surface area contributed by atoms with Gasteiger partial charge in [0.1, 0.15) is 0 Å². The van der Waals surface area contributed by atoms with Gasteiger partial charge in [0.25, 0.3) is 0 Å². The van der Waals surface area contributed by atoms with Crippen LogP contribution < -0.4 is 0 Å². The second-order valence-corrected chi connectivity index (χ2v) is 3.78. The van der Waals surface area contributed by atoms with Crippen molar-refractivity contribution in [2.75, 3.05) is 6.16 Å². The lowest BCUT2D eigenvalue weighted by atomic mass is 10.3. The fourth-order valence-electron chi connectivity index (χ4n) is 0.546. The molecule has 0 heterocycles. The molecule has 0 radical (unpaired) electrons. The predicted molar refractivity (Wildman–Crippen MR) is 40.3 cm³/mol. The zero-order valence-electron chi connectivity index (χ0n) is 6.25. The van der Waals surface area contributed by atoms with Crippen LogP contribution in [0.4, 0.5) is 0 Å². The summed E-state index contributed by atoms with van der Waals surface area (Å²) in [5.74, 6) is -3.23. The minimum atomic E-state index is -4.54. The molecule has 0 rings (SSSR count). The van der Waals surface area contributed by atoms with Crippen molar-refractivity contribution < 1.29 is 34.2 Å². The van der Waals surface area contributed by atoms with E-state index < -0.39 is 31.3 Å². The highest BCUT2D eigenvalue weighted by Crippen LogP contribution is 2.36. The number of hydrogen-bond donors (Lipinski definition) is 4. The summed E-state index contributed by atoms with van der Waals surface area (Å²) in [6.07, 6.45) is -0.837. The Kier molecular flexibility index (Phi) is 3.80. The van der Waals surface area contributed by atoms with Gasteiger partial charge in [-0.25, -0.2) is 9.59 Å². The minimum absolute atomic E-state index is 0.251. The van der Waals surface area contributed by atoms with Gasteiger partial charge in [0, 0.05) is 6.08 Å². The van der Waals surface area contributed by atoms with Crippen LogP contribution in [0.1, 0.15) is 0 Å². The first kappa shape index (κ1) is 11.8. The summed E-state index contributed by atoms with van der Waals surface area (Å²) in [7, 11) is -4.54. The van der Waals surface area contributed by atoms with Crippen molar-refractivity contribution in [3.8, 4) is 0 Å². The molecule has 0 amide bonds. The summed E-state index contributed by atoms with van der Waals surface area (Å²) >= 11 is 0. The summed E-state index contributed by atoms with van der Waals surface area (Å²) in [5, 5.41) is 16.4. The van der Waals surface area contributed by atoms with E-state index in [-0.39, 0.29) is 6.08 Å². The smallest absolute Gasteiger partial charge is 0.332 e. The fourth-order valence-corrected chi connectivity index (χ4v) is 1.22. The van der Waals surface area contributed by atoms with Crippen LogP contribution >= 0.6 is 7.60 Å². The van der Waals surface area contributed by atoms with Crippen molar-refractivity contribution in [1.29, 1.82) is 0 Å². The van der Waals surface area contributed by atoms with Gasteiger partial charge in [0.15, 0.2) is 0 Å². The molecule has 0 aliphatic carbocycles. The van der Waals surface area contributed by atoms with Gasteiger partial charge >= 0.3 is 19.5 Å². The summed E-state index contributed by atoms with van der Waals surface area (Å²) in [4.78, 5) is 37.0. The molecular weight excluding hydrogens is 203 g/mol. The molecule has 0 aromatic carbocycles. The molecule has 7 nitrogen and oxygen atoms in total. The van der Waals surface area contributed by atoms with Crippen LogP contribution in [-0.4, -0.2) is 38.1 Å². The van der Waals surface area contributed by atoms with Gasteiger partial charge in [-0.2, -0.15) is 0 Å². The van der Waals surface area contributed by atoms with E-state index in [1.54, 1.807) is 0 Å². The van der Waals surface area contributed by atoms with Crippen LogP contribution in [-0.2, 0) is 14.2 Å². The van der Waals surface area contributed by atoms with Gasteiger partial charge in [0.2, 0.25) is 0 Å². The Morgan fingerprint density at radius 2 is 1.69 bits per heavy atom. The first-order valence-corrected chi connectivity index (χ1v) is 4.73. The molecule has 0 saturated carbocycles. The molecule has 0 aliphatic rings. The molecule has 0 aromatic heterocycles. The highest BCUT2D eigenvalue weighted by molar-refractivity contribution is 7.52. The fraction of sp³-hybridized carbons (Fsp3) is 0.200. The van der Waals surface area contributed by atoms with E-state index in [2.05, 4.69) is 0 Å². The van der Waals surface area contributed by atoms with Crippen LogP contribution in [0, 0.1) is 0 Å². The quantitative estimate of drug-likeness (QED) is 0.354. The van der Waals surface area contributed by atoms with Crippen LogP contribution in [0.3, 0.4) is 0 Å². The molecule has 0 saturated heterocycles. The van der Waals surface area contributed by atoms with Crippen molar-refractivity contribution in [2.24, 2.45) is 0 Å². The lowest BCUT2D eigenvalue weighted by Crippen LogP contribution is -2.08.